The average molecular weight is 267 g/mol. The molecule has 0 aromatic rings. The number of carbonyl (C=O) groups excluding carboxylic acids is 1. The SMILES string of the molecule is O=C(C1CNCCO1)N1CCCC1CN1CCCC1. The fourth-order valence-corrected chi connectivity index (χ4v) is 3.49. The van der Waals surface area contributed by atoms with Crippen molar-refractivity contribution in [1.82, 2.24) is 15.1 Å². The summed E-state index contributed by atoms with van der Waals surface area (Å²) in [5.41, 5.74) is 0. The van der Waals surface area contributed by atoms with E-state index in [0.29, 0.717) is 19.2 Å². The molecule has 3 saturated heterocycles. The summed E-state index contributed by atoms with van der Waals surface area (Å²) in [5, 5.41) is 3.24. The summed E-state index contributed by atoms with van der Waals surface area (Å²) < 4.78 is 5.60. The Morgan fingerprint density at radius 1 is 1.21 bits per heavy atom. The van der Waals surface area contributed by atoms with Gasteiger partial charge in [0.15, 0.2) is 0 Å². The summed E-state index contributed by atoms with van der Waals surface area (Å²) in [4.78, 5) is 17.1. The Labute approximate surface area is 115 Å². The number of ether oxygens (including phenoxy) is 1. The van der Waals surface area contributed by atoms with Gasteiger partial charge in [0, 0.05) is 32.2 Å². The van der Waals surface area contributed by atoms with E-state index in [1.165, 1.54) is 25.9 Å². The Hall–Kier alpha value is -0.650. The molecule has 5 nitrogen and oxygen atoms in total. The van der Waals surface area contributed by atoms with Crippen LogP contribution < -0.4 is 5.32 Å². The Morgan fingerprint density at radius 2 is 2.05 bits per heavy atom. The second-order valence-corrected chi connectivity index (χ2v) is 5.90. The van der Waals surface area contributed by atoms with Gasteiger partial charge in [0.2, 0.25) is 0 Å². The van der Waals surface area contributed by atoms with Gasteiger partial charge in [-0.3, -0.25) is 4.79 Å². The van der Waals surface area contributed by atoms with Crippen molar-refractivity contribution in [2.45, 2.75) is 37.8 Å². The van der Waals surface area contributed by atoms with E-state index in [2.05, 4.69) is 15.1 Å². The number of carbonyl (C=O) groups is 1. The standard InChI is InChI=1S/C14H25N3O2/c18-14(13-10-15-5-9-19-13)17-8-3-4-12(17)11-16-6-1-2-7-16/h12-13,15H,1-11H2. The van der Waals surface area contributed by atoms with Gasteiger partial charge in [0.25, 0.3) is 5.91 Å². The van der Waals surface area contributed by atoms with Crippen molar-refractivity contribution in [3.8, 4) is 0 Å². The van der Waals surface area contributed by atoms with E-state index in [-0.39, 0.29) is 12.0 Å². The lowest BCUT2D eigenvalue weighted by Gasteiger charge is -2.32. The number of hydrogen-bond acceptors (Lipinski definition) is 4. The van der Waals surface area contributed by atoms with Gasteiger partial charge in [-0.25, -0.2) is 0 Å². The topological polar surface area (TPSA) is 44.8 Å². The fourth-order valence-electron chi connectivity index (χ4n) is 3.49. The van der Waals surface area contributed by atoms with Crippen LogP contribution in [0.25, 0.3) is 0 Å². The highest BCUT2D eigenvalue weighted by Gasteiger charge is 2.35. The first-order valence-corrected chi connectivity index (χ1v) is 7.70. The molecule has 5 heteroatoms. The third-order valence-corrected chi connectivity index (χ3v) is 4.53. The minimum atomic E-state index is -0.257. The Bertz CT molecular complexity index is 312. The highest BCUT2D eigenvalue weighted by molar-refractivity contribution is 5.82. The molecule has 2 atom stereocenters. The van der Waals surface area contributed by atoms with Gasteiger partial charge >= 0.3 is 0 Å². The van der Waals surface area contributed by atoms with Gasteiger partial charge in [-0.1, -0.05) is 0 Å². The maximum absolute atomic E-state index is 12.5. The first-order chi connectivity index (χ1) is 9.34. The molecular formula is C14H25N3O2. The van der Waals surface area contributed by atoms with E-state index < -0.39 is 0 Å². The molecule has 1 amide bonds. The van der Waals surface area contributed by atoms with Crippen LogP contribution in [-0.4, -0.2) is 73.7 Å². The molecule has 2 unspecified atom stereocenters. The summed E-state index contributed by atoms with van der Waals surface area (Å²) >= 11 is 0. The van der Waals surface area contributed by atoms with Crippen LogP contribution in [0.2, 0.25) is 0 Å². The number of rotatable bonds is 3. The monoisotopic (exact) mass is 267 g/mol. The van der Waals surface area contributed by atoms with E-state index in [0.717, 1.165) is 32.5 Å². The third kappa shape index (κ3) is 3.09. The predicted molar refractivity (Wildman–Crippen MR) is 73.0 cm³/mol. The van der Waals surface area contributed by atoms with Crippen LogP contribution in [-0.2, 0) is 9.53 Å². The highest BCUT2D eigenvalue weighted by atomic mass is 16.5. The van der Waals surface area contributed by atoms with Crippen molar-refractivity contribution in [3.05, 3.63) is 0 Å². The van der Waals surface area contributed by atoms with Gasteiger partial charge in [0.1, 0.15) is 6.10 Å². The summed E-state index contributed by atoms with van der Waals surface area (Å²) in [5.74, 6) is 0.203. The smallest absolute Gasteiger partial charge is 0.253 e. The van der Waals surface area contributed by atoms with Gasteiger partial charge in [0.05, 0.1) is 6.61 Å². The number of amides is 1. The van der Waals surface area contributed by atoms with Crippen molar-refractivity contribution < 1.29 is 9.53 Å². The van der Waals surface area contributed by atoms with E-state index in [1.54, 1.807) is 0 Å². The van der Waals surface area contributed by atoms with Crippen LogP contribution in [0.3, 0.4) is 0 Å². The van der Waals surface area contributed by atoms with Crippen LogP contribution in [0.5, 0.6) is 0 Å². The van der Waals surface area contributed by atoms with Crippen LogP contribution in [0.1, 0.15) is 25.7 Å². The minimum absolute atomic E-state index is 0.203. The van der Waals surface area contributed by atoms with Crippen LogP contribution in [0, 0.1) is 0 Å². The number of hydrogen-bond donors (Lipinski definition) is 1. The van der Waals surface area contributed by atoms with Gasteiger partial charge in [-0.05, 0) is 38.8 Å². The number of likely N-dealkylation sites (tertiary alicyclic amines) is 2. The van der Waals surface area contributed by atoms with Crippen LogP contribution >= 0.6 is 0 Å². The predicted octanol–water partition coefficient (Wildman–Crippen LogP) is 0.0616. The lowest BCUT2D eigenvalue weighted by Crippen LogP contribution is -2.52. The molecule has 0 bridgehead atoms. The highest BCUT2D eigenvalue weighted by Crippen LogP contribution is 2.21. The molecule has 3 aliphatic heterocycles. The van der Waals surface area contributed by atoms with Gasteiger partial charge < -0.3 is 19.9 Å². The molecule has 1 N–H and O–H groups in total. The molecule has 0 aromatic carbocycles. The largest absolute Gasteiger partial charge is 0.366 e. The zero-order valence-electron chi connectivity index (χ0n) is 11.6. The molecule has 3 fully saturated rings. The summed E-state index contributed by atoms with van der Waals surface area (Å²) in [6, 6.07) is 0.413. The second-order valence-electron chi connectivity index (χ2n) is 5.90. The third-order valence-electron chi connectivity index (χ3n) is 4.53. The minimum Gasteiger partial charge on any atom is -0.366 e. The van der Waals surface area contributed by atoms with Crippen molar-refractivity contribution in [3.63, 3.8) is 0 Å². The van der Waals surface area contributed by atoms with E-state index >= 15 is 0 Å². The summed E-state index contributed by atoms with van der Waals surface area (Å²) in [6.07, 6.45) is 4.67. The Kier molecular flexibility index (Phi) is 4.35. The molecule has 0 spiro atoms. The molecule has 0 aliphatic carbocycles. The molecule has 3 aliphatic rings. The van der Waals surface area contributed by atoms with E-state index in [9.17, 15) is 4.79 Å². The molecule has 0 saturated carbocycles. The molecule has 0 aromatic heterocycles. The fraction of sp³-hybridized carbons (Fsp3) is 0.929. The molecule has 3 rings (SSSR count). The second kappa shape index (κ2) is 6.20. The van der Waals surface area contributed by atoms with Crippen molar-refractivity contribution >= 4 is 5.91 Å². The van der Waals surface area contributed by atoms with Crippen molar-refractivity contribution in [2.75, 3.05) is 45.9 Å². The average Bonchev–Trinajstić information content (AvgIpc) is 3.11. The lowest BCUT2D eigenvalue weighted by molar-refractivity contribution is -0.146. The molecule has 0 radical (unpaired) electrons. The molecule has 19 heavy (non-hydrogen) atoms. The van der Waals surface area contributed by atoms with Crippen LogP contribution in [0.15, 0.2) is 0 Å². The zero-order valence-corrected chi connectivity index (χ0v) is 11.6. The first-order valence-electron chi connectivity index (χ1n) is 7.70. The molecule has 3 heterocycles. The van der Waals surface area contributed by atoms with Crippen molar-refractivity contribution in [1.29, 1.82) is 0 Å². The zero-order chi connectivity index (χ0) is 13.1. The maximum atomic E-state index is 12.5. The van der Waals surface area contributed by atoms with Crippen LogP contribution in [0.4, 0.5) is 0 Å². The number of nitrogens with one attached hydrogen (secondary N) is 1. The Morgan fingerprint density at radius 3 is 2.79 bits per heavy atom. The molecule has 108 valence electrons. The summed E-state index contributed by atoms with van der Waals surface area (Å²) in [6.45, 7) is 6.58. The van der Waals surface area contributed by atoms with Crippen molar-refractivity contribution in [2.24, 2.45) is 0 Å². The maximum Gasteiger partial charge on any atom is 0.253 e. The Balaban J connectivity index is 1.56. The molecular weight excluding hydrogens is 242 g/mol. The van der Waals surface area contributed by atoms with Gasteiger partial charge in [-0.2, -0.15) is 0 Å². The number of morpholine rings is 1. The van der Waals surface area contributed by atoms with E-state index in [1.807, 2.05) is 0 Å². The normalized spacial score (nSPS) is 32.9. The quantitative estimate of drug-likeness (QED) is 0.785. The summed E-state index contributed by atoms with van der Waals surface area (Å²) in [7, 11) is 0. The first kappa shape index (κ1) is 13.3. The number of nitrogens with zero attached hydrogens (tertiary/aromatic N) is 2. The lowest BCUT2D eigenvalue weighted by atomic mass is 10.2. The van der Waals surface area contributed by atoms with Gasteiger partial charge in [-0.15, -0.1) is 0 Å². The van der Waals surface area contributed by atoms with E-state index in [4.69, 9.17) is 4.74 Å².